The van der Waals surface area contributed by atoms with E-state index in [1.807, 2.05) is 24.4 Å². The lowest BCUT2D eigenvalue weighted by Crippen LogP contribution is -2.15. The van der Waals surface area contributed by atoms with Crippen LogP contribution in [0, 0.1) is 6.92 Å². The average Bonchev–Trinajstić information content (AvgIpc) is 2.98. The maximum Gasteiger partial charge on any atom is 0.192 e. The van der Waals surface area contributed by atoms with Crippen molar-refractivity contribution >= 4 is 17.1 Å². The minimum Gasteiger partial charge on any atom is -0.324 e. The molecule has 3 rings (SSSR count). The molecule has 2 aromatic rings. The van der Waals surface area contributed by atoms with E-state index >= 15 is 0 Å². The summed E-state index contributed by atoms with van der Waals surface area (Å²) < 4.78 is 2.11. The molecule has 18 heavy (non-hydrogen) atoms. The molecule has 2 heterocycles. The topological polar surface area (TPSA) is 34.9 Å². The monoisotopic (exact) mass is 260 g/mol. The fraction of sp³-hybridized carbons (Fsp3) is 0.429. The third-order valence-corrected chi connectivity index (χ3v) is 4.43. The maximum absolute atomic E-state index is 12.2. The van der Waals surface area contributed by atoms with Crippen LogP contribution in [0.2, 0.25) is 0 Å². The molecule has 0 fully saturated rings. The van der Waals surface area contributed by atoms with E-state index in [1.165, 1.54) is 35.6 Å². The first-order chi connectivity index (χ1) is 8.75. The summed E-state index contributed by atoms with van der Waals surface area (Å²) in [7, 11) is 0. The van der Waals surface area contributed by atoms with Gasteiger partial charge in [-0.25, -0.2) is 4.98 Å². The second kappa shape index (κ2) is 4.69. The predicted molar refractivity (Wildman–Crippen MR) is 72.3 cm³/mol. The second-order valence-corrected chi connectivity index (χ2v) is 5.69. The number of fused-ring (bicyclic) bond motifs is 1. The number of hydrogen-bond donors (Lipinski definition) is 0. The van der Waals surface area contributed by atoms with Crippen molar-refractivity contribution in [1.82, 2.24) is 9.55 Å². The summed E-state index contributed by atoms with van der Waals surface area (Å²) in [6.07, 6.45) is 4.57. The van der Waals surface area contributed by atoms with Crippen LogP contribution in [0.15, 0.2) is 17.5 Å². The minimum absolute atomic E-state index is 0.193. The first-order valence-electron chi connectivity index (χ1n) is 6.37. The van der Waals surface area contributed by atoms with Gasteiger partial charge in [0, 0.05) is 5.69 Å². The smallest absolute Gasteiger partial charge is 0.192 e. The van der Waals surface area contributed by atoms with Gasteiger partial charge in [0.05, 0.1) is 17.1 Å². The van der Waals surface area contributed by atoms with Gasteiger partial charge >= 0.3 is 0 Å². The van der Waals surface area contributed by atoms with Crippen molar-refractivity contribution in [2.75, 3.05) is 0 Å². The number of hydrogen-bond acceptors (Lipinski definition) is 3. The molecule has 3 nitrogen and oxygen atoms in total. The van der Waals surface area contributed by atoms with Gasteiger partial charge in [-0.3, -0.25) is 4.79 Å². The molecule has 0 radical (unpaired) electrons. The summed E-state index contributed by atoms with van der Waals surface area (Å²) in [4.78, 5) is 17.6. The molecule has 2 aromatic heterocycles. The molecular formula is C14H16N2OS. The van der Waals surface area contributed by atoms with Gasteiger partial charge in [0.15, 0.2) is 5.78 Å². The van der Waals surface area contributed by atoms with Gasteiger partial charge in [0.25, 0.3) is 0 Å². The van der Waals surface area contributed by atoms with Crippen LogP contribution >= 0.6 is 11.3 Å². The number of carbonyl (C=O) groups is 1. The summed E-state index contributed by atoms with van der Waals surface area (Å²) in [6, 6.07) is 3.82. The number of aromatic nitrogens is 2. The molecular weight excluding hydrogens is 244 g/mol. The Morgan fingerprint density at radius 1 is 1.44 bits per heavy atom. The van der Waals surface area contributed by atoms with Crippen molar-refractivity contribution in [1.29, 1.82) is 0 Å². The lowest BCUT2D eigenvalue weighted by atomic mass is 10.0. The summed E-state index contributed by atoms with van der Waals surface area (Å²) >= 11 is 1.51. The molecule has 0 bridgehead atoms. The average molecular weight is 260 g/mol. The molecule has 94 valence electrons. The van der Waals surface area contributed by atoms with Crippen LogP contribution < -0.4 is 0 Å². The van der Waals surface area contributed by atoms with E-state index in [9.17, 15) is 4.79 Å². The second-order valence-electron chi connectivity index (χ2n) is 4.75. The van der Waals surface area contributed by atoms with Crippen LogP contribution in [0.4, 0.5) is 0 Å². The minimum atomic E-state index is 0.193. The van der Waals surface area contributed by atoms with Crippen molar-refractivity contribution in [2.45, 2.75) is 39.2 Å². The van der Waals surface area contributed by atoms with Crippen molar-refractivity contribution < 1.29 is 4.79 Å². The molecule has 1 aliphatic carbocycles. The lowest BCUT2D eigenvalue weighted by Gasteiger charge is -2.13. The quantitative estimate of drug-likeness (QED) is 0.795. The summed E-state index contributed by atoms with van der Waals surface area (Å²) in [5, 5.41) is 1.95. The Balaban J connectivity index is 1.89. The Hall–Kier alpha value is -1.42. The number of ketones is 1. The Kier molecular flexibility index (Phi) is 3.04. The van der Waals surface area contributed by atoms with Crippen molar-refractivity contribution in [3.05, 3.63) is 39.6 Å². The molecule has 0 N–H and O–H groups in total. The van der Waals surface area contributed by atoms with Gasteiger partial charge < -0.3 is 4.57 Å². The van der Waals surface area contributed by atoms with Gasteiger partial charge in [-0.1, -0.05) is 6.07 Å². The number of thiophene rings is 1. The number of carbonyl (C=O) groups excluding carboxylic acids is 1. The molecule has 0 spiro atoms. The standard InChI is InChI=1S/C14H16N2OS/c1-10-15-11-5-2-3-6-12(11)16(10)9-13(17)14-7-4-8-18-14/h4,7-8H,2-3,5-6,9H2,1H3. The third kappa shape index (κ3) is 2.01. The van der Waals surface area contributed by atoms with Crippen LogP contribution in [0.25, 0.3) is 0 Å². The van der Waals surface area contributed by atoms with E-state index in [0.717, 1.165) is 23.5 Å². The summed E-state index contributed by atoms with van der Waals surface area (Å²) in [5.74, 6) is 1.17. The molecule has 1 aliphatic rings. The van der Waals surface area contributed by atoms with Crippen molar-refractivity contribution in [3.63, 3.8) is 0 Å². The van der Waals surface area contributed by atoms with Crippen molar-refractivity contribution in [2.24, 2.45) is 0 Å². The van der Waals surface area contributed by atoms with Gasteiger partial charge in [0.2, 0.25) is 0 Å². The zero-order valence-corrected chi connectivity index (χ0v) is 11.3. The highest BCUT2D eigenvalue weighted by Gasteiger charge is 2.20. The zero-order valence-electron chi connectivity index (χ0n) is 10.5. The van der Waals surface area contributed by atoms with Gasteiger partial charge in [-0.15, -0.1) is 11.3 Å². The largest absolute Gasteiger partial charge is 0.324 e. The fourth-order valence-electron chi connectivity index (χ4n) is 2.60. The Bertz CT molecular complexity index is 569. The predicted octanol–water partition coefficient (Wildman–Crippen LogP) is 3.01. The molecule has 0 saturated carbocycles. The van der Waals surface area contributed by atoms with Gasteiger partial charge in [0.1, 0.15) is 5.82 Å². The number of aryl methyl sites for hydroxylation is 2. The van der Waals surface area contributed by atoms with Gasteiger partial charge in [-0.2, -0.15) is 0 Å². The number of nitrogens with zero attached hydrogens (tertiary/aromatic N) is 2. The fourth-order valence-corrected chi connectivity index (χ4v) is 3.26. The molecule has 0 atom stereocenters. The summed E-state index contributed by atoms with van der Waals surface area (Å²) in [5.41, 5.74) is 2.49. The number of imidazole rings is 1. The molecule has 0 saturated heterocycles. The normalized spacial score (nSPS) is 14.5. The van der Waals surface area contributed by atoms with Crippen LogP contribution in [0.1, 0.15) is 39.7 Å². The van der Waals surface area contributed by atoms with E-state index in [1.54, 1.807) is 0 Å². The SMILES string of the molecule is Cc1nc2c(n1CC(=O)c1cccs1)CCCC2. The number of rotatable bonds is 3. The van der Waals surface area contributed by atoms with E-state index in [4.69, 9.17) is 0 Å². The Labute approximate surface area is 110 Å². The molecule has 0 amide bonds. The van der Waals surface area contributed by atoms with E-state index < -0.39 is 0 Å². The van der Waals surface area contributed by atoms with E-state index in [2.05, 4.69) is 9.55 Å². The Morgan fingerprint density at radius 3 is 3.06 bits per heavy atom. The molecule has 4 heteroatoms. The first kappa shape index (κ1) is 11.7. The third-order valence-electron chi connectivity index (χ3n) is 3.52. The highest BCUT2D eigenvalue weighted by molar-refractivity contribution is 7.12. The van der Waals surface area contributed by atoms with E-state index in [0.29, 0.717) is 6.54 Å². The number of Topliss-reactive ketones (excluding diaryl/α,β-unsaturated/α-hetero) is 1. The Morgan fingerprint density at radius 2 is 2.28 bits per heavy atom. The maximum atomic E-state index is 12.2. The van der Waals surface area contributed by atoms with Gasteiger partial charge in [-0.05, 0) is 44.1 Å². The zero-order chi connectivity index (χ0) is 12.5. The summed E-state index contributed by atoms with van der Waals surface area (Å²) in [6.45, 7) is 2.44. The molecule has 0 unspecified atom stereocenters. The highest BCUT2D eigenvalue weighted by Crippen LogP contribution is 2.22. The first-order valence-corrected chi connectivity index (χ1v) is 7.25. The van der Waals surface area contributed by atoms with Crippen LogP contribution in [0.3, 0.4) is 0 Å². The lowest BCUT2D eigenvalue weighted by molar-refractivity contribution is 0.0974. The van der Waals surface area contributed by atoms with Crippen molar-refractivity contribution in [3.8, 4) is 0 Å². The molecule has 0 aromatic carbocycles. The van der Waals surface area contributed by atoms with E-state index in [-0.39, 0.29) is 5.78 Å². The highest BCUT2D eigenvalue weighted by atomic mass is 32.1. The van der Waals surface area contributed by atoms with Crippen LogP contribution in [0.5, 0.6) is 0 Å². The van der Waals surface area contributed by atoms with Crippen LogP contribution in [-0.2, 0) is 19.4 Å². The molecule has 0 aliphatic heterocycles. The van der Waals surface area contributed by atoms with Crippen LogP contribution in [-0.4, -0.2) is 15.3 Å².